The topological polar surface area (TPSA) is 67.9 Å². The van der Waals surface area contributed by atoms with E-state index in [0.29, 0.717) is 33.3 Å². The van der Waals surface area contributed by atoms with Crippen LogP contribution < -0.4 is 14.8 Å². The summed E-state index contributed by atoms with van der Waals surface area (Å²) < 4.78 is 10.8. The number of benzene rings is 3. The lowest BCUT2D eigenvalue weighted by molar-refractivity contribution is -0.137. The van der Waals surface area contributed by atoms with E-state index in [1.54, 1.807) is 30.3 Å². The van der Waals surface area contributed by atoms with Crippen molar-refractivity contribution >= 4 is 34.7 Å². The van der Waals surface area contributed by atoms with E-state index in [2.05, 4.69) is 5.32 Å². The van der Waals surface area contributed by atoms with Crippen LogP contribution in [0.5, 0.6) is 11.5 Å². The van der Waals surface area contributed by atoms with Crippen LogP contribution in [-0.2, 0) is 16.1 Å². The average molecular weight is 447 g/mol. The SMILES string of the molecule is Cc1cc(Cl)ccc1NC1=C(c2ccccc2)C(=O)N(Cc2ccc3c(c2)OCO3)C1=O. The molecule has 0 aromatic heterocycles. The van der Waals surface area contributed by atoms with Gasteiger partial charge in [0.15, 0.2) is 11.5 Å². The quantitative estimate of drug-likeness (QED) is 0.572. The predicted molar refractivity (Wildman–Crippen MR) is 121 cm³/mol. The number of carbonyl (C=O) groups is 2. The number of hydrogen-bond acceptors (Lipinski definition) is 5. The molecule has 2 aliphatic rings. The standard InChI is InChI=1S/C25H19ClN2O4/c1-15-11-18(26)8-9-19(15)27-23-22(17-5-3-2-4-6-17)24(29)28(25(23)30)13-16-7-10-20-21(12-16)32-14-31-20/h2-12,27H,13-14H2,1H3. The molecule has 0 bridgehead atoms. The van der Waals surface area contributed by atoms with Crippen LogP contribution in [0, 0.1) is 6.92 Å². The molecule has 0 spiro atoms. The van der Waals surface area contributed by atoms with Crippen LogP contribution >= 0.6 is 11.6 Å². The average Bonchev–Trinajstić information content (AvgIpc) is 3.34. The van der Waals surface area contributed by atoms with E-state index in [1.807, 2.05) is 43.3 Å². The molecule has 160 valence electrons. The lowest BCUT2D eigenvalue weighted by Gasteiger charge is -2.16. The van der Waals surface area contributed by atoms with Crippen molar-refractivity contribution in [3.63, 3.8) is 0 Å². The number of rotatable bonds is 5. The van der Waals surface area contributed by atoms with Crippen LogP contribution in [0.4, 0.5) is 5.69 Å². The van der Waals surface area contributed by atoms with Gasteiger partial charge in [-0.15, -0.1) is 0 Å². The van der Waals surface area contributed by atoms with Crippen molar-refractivity contribution in [3.8, 4) is 11.5 Å². The lowest BCUT2D eigenvalue weighted by Crippen LogP contribution is -2.32. The number of ether oxygens (including phenoxy) is 2. The molecule has 0 saturated carbocycles. The van der Waals surface area contributed by atoms with Gasteiger partial charge in [0, 0.05) is 10.7 Å². The smallest absolute Gasteiger partial charge is 0.278 e. The largest absolute Gasteiger partial charge is 0.454 e. The molecule has 2 amide bonds. The molecule has 1 N–H and O–H groups in total. The van der Waals surface area contributed by atoms with Crippen molar-refractivity contribution in [2.24, 2.45) is 0 Å². The normalized spacial score (nSPS) is 15.0. The molecule has 2 heterocycles. The second kappa shape index (κ2) is 8.05. The highest BCUT2D eigenvalue weighted by atomic mass is 35.5. The molecule has 0 aliphatic carbocycles. The van der Waals surface area contributed by atoms with Crippen molar-refractivity contribution < 1.29 is 19.1 Å². The molecule has 0 atom stereocenters. The maximum Gasteiger partial charge on any atom is 0.278 e. The van der Waals surface area contributed by atoms with Crippen LogP contribution in [0.15, 0.2) is 72.4 Å². The molecule has 5 rings (SSSR count). The van der Waals surface area contributed by atoms with Gasteiger partial charge in [0.25, 0.3) is 11.8 Å². The van der Waals surface area contributed by atoms with Crippen molar-refractivity contribution in [2.75, 3.05) is 12.1 Å². The van der Waals surface area contributed by atoms with Gasteiger partial charge in [-0.2, -0.15) is 0 Å². The van der Waals surface area contributed by atoms with Crippen LogP contribution in [0.25, 0.3) is 5.57 Å². The third kappa shape index (κ3) is 3.59. The van der Waals surface area contributed by atoms with Crippen LogP contribution in [0.1, 0.15) is 16.7 Å². The third-order valence-electron chi connectivity index (χ3n) is 5.46. The molecule has 0 unspecified atom stereocenters. The van der Waals surface area contributed by atoms with Crippen molar-refractivity contribution in [1.29, 1.82) is 0 Å². The van der Waals surface area contributed by atoms with E-state index in [-0.39, 0.29) is 30.8 Å². The minimum Gasteiger partial charge on any atom is -0.454 e. The summed E-state index contributed by atoms with van der Waals surface area (Å²) >= 11 is 6.08. The molecule has 7 heteroatoms. The molecule has 2 aliphatic heterocycles. The number of halogens is 1. The fourth-order valence-corrected chi connectivity index (χ4v) is 4.06. The van der Waals surface area contributed by atoms with Gasteiger partial charge in [0.2, 0.25) is 6.79 Å². The summed E-state index contributed by atoms with van der Waals surface area (Å²) in [7, 11) is 0. The number of nitrogens with one attached hydrogen (secondary N) is 1. The summed E-state index contributed by atoms with van der Waals surface area (Å²) in [5.74, 6) is 0.512. The highest BCUT2D eigenvalue weighted by molar-refractivity contribution is 6.36. The lowest BCUT2D eigenvalue weighted by atomic mass is 10.0. The van der Waals surface area contributed by atoms with E-state index in [0.717, 1.165) is 11.1 Å². The minimum absolute atomic E-state index is 0.120. The molecule has 3 aromatic rings. The van der Waals surface area contributed by atoms with Crippen molar-refractivity contribution in [3.05, 3.63) is 94.1 Å². The Morgan fingerprint density at radius 1 is 0.938 bits per heavy atom. The number of imide groups is 1. The first-order valence-electron chi connectivity index (χ1n) is 10.1. The summed E-state index contributed by atoms with van der Waals surface area (Å²) in [6.07, 6.45) is 0. The van der Waals surface area contributed by atoms with Gasteiger partial charge in [-0.1, -0.05) is 48.0 Å². The minimum atomic E-state index is -0.388. The Labute approximate surface area is 190 Å². The van der Waals surface area contributed by atoms with Crippen molar-refractivity contribution in [1.82, 2.24) is 4.90 Å². The number of carbonyl (C=O) groups excluding carboxylic acids is 2. The Bertz CT molecular complexity index is 1270. The van der Waals surface area contributed by atoms with E-state index in [4.69, 9.17) is 21.1 Å². The van der Waals surface area contributed by atoms with Gasteiger partial charge >= 0.3 is 0 Å². The van der Waals surface area contributed by atoms with E-state index < -0.39 is 0 Å². The molecule has 0 saturated heterocycles. The number of nitrogens with zero attached hydrogens (tertiary/aromatic N) is 1. The summed E-state index contributed by atoms with van der Waals surface area (Å²) in [4.78, 5) is 28.1. The maximum absolute atomic E-state index is 13.4. The Kier molecular flexibility index (Phi) is 5.07. The van der Waals surface area contributed by atoms with Gasteiger partial charge in [-0.05, 0) is 53.9 Å². The van der Waals surface area contributed by atoms with Gasteiger partial charge in [0.1, 0.15) is 5.70 Å². The summed E-state index contributed by atoms with van der Waals surface area (Å²) in [6, 6.07) is 19.9. The van der Waals surface area contributed by atoms with E-state index >= 15 is 0 Å². The Morgan fingerprint density at radius 2 is 1.72 bits per heavy atom. The summed E-state index contributed by atoms with van der Waals surface area (Å²) in [6.45, 7) is 2.17. The zero-order valence-electron chi connectivity index (χ0n) is 17.2. The Balaban J connectivity index is 1.51. The van der Waals surface area contributed by atoms with Gasteiger partial charge in [0.05, 0.1) is 12.1 Å². The molecule has 0 fully saturated rings. The number of anilines is 1. The van der Waals surface area contributed by atoms with Gasteiger partial charge < -0.3 is 14.8 Å². The van der Waals surface area contributed by atoms with Crippen LogP contribution in [0.3, 0.4) is 0 Å². The number of fused-ring (bicyclic) bond motifs is 1. The molecule has 6 nitrogen and oxygen atoms in total. The first kappa shape index (κ1) is 20.2. The van der Waals surface area contributed by atoms with E-state index in [9.17, 15) is 9.59 Å². The van der Waals surface area contributed by atoms with E-state index in [1.165, 1.54) is 4.90 Å². The third-order valence-corrected chi connectivity index (χ3v) is 5.69. The molecular formula is C25H19ClN2O4. The van der Waals surface area contributed by atoms with Gasteiger partial charge in [-0.3, -0.25) is 14.5 Å². The fourth-order valence-electron chi connectivity index (χ4n) is 3.83. The van der Waals surface area contributed by atoms with Gasteiger partial charge in [-0.25, -0.2) is 0 Å². The molecule has 0 radical (unpaired) electrons. The number of amides is 2. The molecular weight excluding hydrogens is 428 g/mol. The number of hydrogen-bond donors (Lipinski definition) is 1. The van der Waals surface area contributed by atoms with Crippen LogP contribution in [-0.4, -0.2) is 23.5 Å². The first-order valence-corrected chi connectivity index (χ1v) is 10.5. The zero-order chi connectivity index (χ0) is 22.2. The molecule has 32 heavy (non-hydrogen) atoms. The fraction of sp³-hybridized carbons (Fsp3) is 0.120. The predicted octanol–water partition coefficient (Wildman–Crippen LogP) is 4.77. The second-order valence-corrected chi connectivity index (χ2v) is 8.02. The highest BCUT2D eigenvalue weighted by Gasteiger charge is 2.39. The number of aryl methyl sites for hydroxylation is 1. The highest BCUT2D eigenvalue weighted by Crippen LogP contribution is 2.35. The first-order chi connectivity index (χ1) is 15.5. The monoisotopic (exact) mass is 446 g/mol. The second-order valence-electron chi connectivity index (χ2n) is 7.58. The summed E-state index contributed by atoms with van der Waals surface area (Å²) in [5.41, 5.74) is 3.61. The molecule has 3 aromatic carbocycles. The Morgan fingerprint density at radius 3 is 2.50 bits per heavy atom. The maximum atomic E-state index is 13.4. The van der Waals surface area contributed by atoms with Crippen molar-refractivity contribution in [2.45, 2.75) is 13.5 Å². The Hall–Kier alpha value is -3.77. The zero-order valence-corrected chi connectivity index (χ0v) is 18.0. The summed E-state index contributed by atoms with van der Waals surface area (Å²) in [5, 5.41) is 3.79. The van der Waals surface area contributed by atoms with Crippen LogP contribution in [0.2, 0.25) is 5.02 Å².